The highest BCUT2D eigenvalue weighted by Crippen LogP contribution is 2.42. The second-order valence-electron chi connectivity index (χ2n) is 6.79. The van der Waals surface area contributed by atoms with E-state index in [1.807, 2.05) is 0 Å². The third kappa shape index (κ3) is 2.49. The van der Waals surface area contributed by atoms with Crippen molar-refractivity contribution in [3.63, 3.8) is 0 Å². The summed E-state index contributed by atoms with van der Waals surface area (Å²) in [6.45, 7) is 16.4. The zero-order valence-electron chi connectivity index (χ0n) is 13.4. The molecule has 102 valence electrons. The molecule has 0 aliphatic heterocycles. The van der Waals surface area contributed by atoms with Crippen molar-refractivity contribution >= 4 is 13.3 Å². The van der Waals surface area contributed by atoms with E-state index in [9.17, 15) is 0 Å². The Kier molecular flexibility index (Phi) is 3.61. The fraction of sp³-hybridized carbons (Fsp3) is 0.444. The number of allylic oxidation sites excluding steroid dienone is 4. The van der Waals surface area contributed by atoms with Crippen molar-refractivity contribution in [1.82, 2.24) is 0 Å². The lowest BCUT2D eigenvalue weighted by Crippen LogP contribution is -2.46. The molecule has 0 radical (unpaired) electrons. The fourth-order valence-corrected chi connectivity index (χ4v) is 7.80. The largest absolute Gasteiger partial charge is 0.0918 e. The maximum absolute atomic E-state index is 2.52. The second kappa shape index (κ2) is 4.79. The molecule has 1 heteroatoms. The highest BCUT2D eigenvalue weighted by Gasteiger charge is 2.38. The lowest BCUT2D eigenvalue weighted by atomic mass is 10.1. The highest BCUT2D eigenvalue weighted by molar-refractivity contribution is 6.92. The molecule has 0 spiro atoms. The van der Waals surface area contributed by atoms with E-state index in [-0.39, 0.29) is 0 Å². The van der Waals surface area contributed by atoms with Gasteiger partial charge in [0.1, 0.15) is 0 Å². The highest BCUT2D eigenvalue weighted by atomic mass is 28.3. The molecule has 1 aliphatic rings. The van der Waals surface area contributed by atoms with Crippen molar-refractivity contribution in [2.24, 2.45) is 0 Å². The molecular formula is C18H26Si. The Morgan fingerprint density at radius 2 is 1.37 bits per heavy atom. The molecule has 0 nitrogen and oxygen atoms in total. The zero-order chi connectivity index (χ0) is 14.4. The van der Waals surface area contributed by atoms with E-state index < -0.39 is 8.07 Å². The minimum absolute atomic E-state index is 0.675. The van der Waals surface area contributed by atoms with Crippen molar-refractivity contribution in [2.45, 2.75) is 53.3 Å². The maximum atomic E-state index is 2.52. The van der Waals surface area contributed by atoms with Gasteiger partial charge < -0.3 is 0 Å². The molecule has 0 aromatic heterocycles. The molecule has 1 unspecified atom stereocenters. The SMILES string of the molecule is CC1=CC(C)=C(C)C1[Si](C)(C)c1cc(C)cc(C)c1. The third-order valence-corrected chi connectivity index (χ3v) is 8.75. The molecule has 0 fully saturated rings. The number of hydrogen-bond donors (Lipinski definition) is 0. The van der Waals surface area contributed by atoms with Gasteiger partial charge in [0, 0.05) is 5.54 Å². The van der Waals surface area contributed by atoms with Crippen LogP contribution in [-0.2, 0) is 0 Å². The Morgan fingerprint density at radius 1 is 0.842 bits per heavy atom. The second-order valence-corrected chi connectivity index (χ2v) is 11.4. The Morgan fingerprint density at radius 3 is 1.79 bits per heavy atom. The van der Waals surface area contributed by atoms with E-state index in [2.05, 4.69) is 72.0 Å². The summed E-state index contributed by atoms with van der Waals surface area (Å²) in [6.07, 6.45) is 2.39. The van der Waals surface area contributed by atoms with Crippen LogP contribution in [0, 0.1) is 13.8 Å². The van der Waals surface area contributed by atoms with Crippen molar-refractivity contribution in [2.75, 3.05) is 0 Å². The normalized spacial score (nSPS) is 19.9. The van der Waals surface area contributed by atoms with Gasteiger partial charge in [0.2, 0.25) is 0 Å². The average molecular weight is 270 g/mol. The Labute approximate surface area is 119 Å². The van der Waals surface area contributed by atoms with Crippen LogP contribution in [0.3, 0.4) is 0 Å². The number of hydrogen-bond acceptors (Lipinski definition) is 0. The molecule has 0 heterocycles. The van der Waals surface area contributed by atoms with Crippen LogP contribution in [0.25, 0.3) is 0 Å². The first-order chi connectivity index (χ1) is 8.73. The number of aryl methyl sites for hydroxylation is 2. The monoisotopic (exact) mass is 270 g/mol. The predicted octanol–water partition coefficient (Wildman–Crippen LogP) is 4.89. The van der Waals surface area contributed by atoms with Crippen LogP contribution < -0.4 is 5.19 Å². The van der Waals surface area contributed by atoms with Crippen molar-refractivity contribution in [1.29, 1.82) is 0 Å². The van der Waals surface area contributed by atoms with E-state index in [1.54, 1.807) is 16.3 Å². The average Bonchev–Trinajstić information content (AvgIpc) is 2.51. The topological polar surface area (TPSA) is 0 Å². The summed E-state index contributed by atoms with van der Waals surface area (Å²) in [4.78, 5) is 0. The molecule has 1 aliphatic carbocycles. The Bertz CT molecular complexity index is 553. The van der Waals surface area contributed by atoms with Crippen LogP contribution in [0.5, 0.6) is 0 Å². The van der Waals surface area contributed by atoms with Crippen molar-refractivity contribution in [3.05, 3.63) is 52.1 Å². The molecule has 1 aromatic rings. The minimum atomic E-state index is -1.50. The number of benzene rings is 1. The minimum Gasteiger partial charge on any atom is -0.0682 e. The smallest absolute Gasteiger partial charge is 0.0682 e. The lowest BCUT2D eigenvalue weighted by Gasteiger charge is -2.33. The molecule has 0 amide bonds. The first-order valence-corrected chi connectivity index (χ1v) is 10.3. The van der Waals surface area contributed by atoms with E-state index in [0.29, 0.717) is 5.54 Å². The van der Waals surface area contributed by atoms with Gasteiger partial charge >= 0.3 is 0 Å². The summed E-state index contributed by atoms with van der Waals surface area (Å²) in [5.74, 6) is 0. The lowest BCUT2D eigenvalue weighted by molar-refractivity contribution is 1.08. The quantitative estimate of drug-likeness (QED) is 0.672. The standard InChI is InChI=1S/C18H26Si/c1-12-8-13(2)10-17(9-12)19(6,7)18-15(4)11-14(3)16(18)5/h8-11,18H,1-7H3. The van der Waals surface area contributed by atoms with Gasteiger partial charge in [-0.2, -0.15) is 0 Å². The first kappa shape index (κ1) is 14.3. The molecule has 0 saturated heterocycles. The maximum Gasteiger partial charge on any atom is 0.0918 e. The summed E-state index contributed by atoms with van der Waals surface area (Å²) < 4.78 is 0. The van der Waals surface area contributed by atoms with E-state index in [4.69, 9.17) is 0 Å². The van der Waals surface area contributed by atoms with Crippen LogP contribution in [0.2, 0.25) is 18.6 Å². The molecule has 1 atom stereocenters. The molecule has 0 bridgehead atoms. The van der Waals surface area contributed by atoms with Crippen LogP contribution >= 0.6 is 0 Å². The van der Waals surface area contributed by atoms with Gasteiger partial charge in [0.05, 0.1) is 8.07 Å². The summed E-state index contributed by atoms with van der Waals surface area (Å²) in [5.41, 5.74) is 8.10. The Hall–Kier alpha value is -1.08. The van der Waals surface area contributed by atoms with E-state index in [1.165, 1.54) is 16.7 Å². The summed E-state index contributed by atoms with van der Waals surface area (Å²) in [7, 11) is -1.50. The van der Waals surface area contributed by atoms with Crippen LogP contribution in [-0.4, -0.2) is 8.07 Å². The fourth-order valence-electron chi connectivity index (χ4n) is 3.73. The zero-order valence-corrected chi connectivity index (χ0v) is 14.4. The molecule has 0 saturated carbocycles. The van der Waals surface area contributed by atoms with Crippen molar-refractivity contribution < 1.29 is 0 Å². The summed E-state index contributed by atoms with van der Waals surface area (Å²) in [5, 5.41) is 1.59. The first-order valence-electron chi connectivity index (χ1n) is 7.18. The summed E-state index contributed by atoms with van der Waals surface area (Å²) >= 11 is 0. The summed E-state index contributed by atoms with van der Waals surface area (Å²) in [6, 6.07) is 7.10. The van der Waals surface area contributed by atoms with Crippen LogP contribution in [0.1, 0.15) is 31.9 Å². The van der Waals surface area contributed by atoms with Crippen LogP contribution in [0.4, 0.5) is 0 Å². The molecule has 19 heavy (non-hydrogen) atoms. The van der Waals surface area contributed by atoms with Crippen LogP contribution in [0.15, 0.2) is 41.0 Å². The van der Waals surface area contributed by atoms with E-state index >= 15 is 0 Å². The predicted molar refractivity (Wildman–Crippen MR) is 88.9 cm³/mol. The Balaban J connectivity index is 2.51. The van der Waals surface area contributed by atoms with Gasteiger partial charge in [-0.1, -0.05) is 70.4 Å². The molecule has 2 rings (SSSR count). The van der Waals surface area contributed by atoms with Gasteiger partial charge in [-0.15, -0.1) is 0 Å². The third-order valence-electron chi connectivity index (χ3n) is 4.64. The van der Waals surface area contributed by atoms with Gasteiger partial charge in [0.15, 0.2) is 0 Å². The van der Waals surface area contributed by atoms with E-state index in [0.717, 1.165) is 0 Å². The van der Waals surface area contributed by atoms with Gasteiger partial charge in [0.25, 0.3) is 0 Å². The van der Waals surface area contributed by atoms with Gasteiger partial charge in [-0.05, 0) is 34.6 Å². The molecule has 0 N–H and O–H groups in total. The van der Waals surface area contributed by atoms with Gasteiger partial charge in [-0.25, -0.2) is 0 Å². The van der Waals surface area contributed by atoms with Gasteiger partial charge in [-0.3, -0.25) is 0 Å². The van der Waals surface area contributed by atoms with Crippen molar-refractivity contribution in [3.8, 4) is 0 Å². The molecular weight excluding hydrogens is 244 g/mol. The molecule has 1 aromatic carbocycles. The number of rotatable bonds is 2.